The zero-order chi connectivity index (χ0) is 20.1. The van der Waals surface area contributed by atoms with Crippen LogP contribution >= 0.6 is 11.6 Å². The minimum Gasteiger partial charge on any atom is -0.340 e. The summed E-state index contributed by atoms with van der Waals surface area (Å²) in [5, 5.41) is 16.9. The van der Waals surface area contributed by atoms with Crippen LogP contribution in [0.25, 0.3) is 0 Å². The number of aryl methyl sites for hydroxylation is 1. The Morgan fingerprint density at radius 1 is 1.11 bits per heavy atom. The first-order chi connectivity index (χ1) is 12.7. The molecule has 0 bridgehead atoms. The first kappa shape index (κ1) is 20.4. The Labute approximate surface area is 161 Å². The van der Waals surface area contributed by atoms with Crippen LogP contribution in [0.3, 0.4) is 0 Å². The number of anilines is 1. The second-order valence-electron chi connectivity index (χ2n) is 6.45. The minimum absolute atomic E-state index is 0.0842. The van der Waals surface area contributed by atoms with Gasteiger partial charge in [0.05, 0.1) is 4.92 Å². The number of benzene rings is 2. The van der Waals surface area contributed by atoms with Crippen molar-refractivity contribution in [1.29, 1.82) is 0 Å². The molecule has 142 valence electrons. The van der Waals surface area contributed by atoms with Gasteiger partial charge in [-0.05, 0) is 43.2 Å². The Bertz CT molecular complexity index is 866. The molecule has 0 spiro atoms. The molecule has 8 heteroatoms. The van der Waals surface area contributed by atoms with Gasteiger partial charge in [-0.3, -0.25) is 19.7 Å². The topological polar surface area (TPSA) is 101 Å². The van der Waals surface area contributed by atoms with E-state index in [0.717, 1.165) is 0 Å². The maximum absolute atomic E-state index is 12.6. The third kappa shape index (κ3) is 5.27. The predicted molar refractivity (Wildman–Crippen MR) is 104 cm³/mol. The van der Waals surface area contributed by atoms with Crippen molar-refractivity contribution in [2.45, 2.75) is 26.8 Å². The van der Waals surface area contributed by atoms with Gasteiger partial charge in [0.25, 0.3) is 11.6 Å². The number of carbonyl (C=O) groups excluding carboxylic acids is 2. The molecular weight excluding hydrogens is 370 g/mol. The molecule has 0 radical (unpaired) electrons. The van der Waals surface area contributed by atoms with E-state index < -0.39 is 22.8 Å². The molecule has 0 saturated carbocycles. The van der Waals surface area contributed by atoms with Gasteiger partial charge in [-0.2, -0.15) is 0 Å². The van der Waals surface area contributed by atoms with E-state index in [9.17, 15) is 19.7 Å². The van der Waals surface area contributed by atoms with Crippen LogP contribution in [0.1, 0.15) is 29.8 Å². The van der Waals surface area contributed by atoms with Crippen LogP contribution in [0.4, 0.5) is 11.4 Å². The van der Waals surface area contributed by atoms with Crippen molar-refractivity contribution < 1.29 is 14.5 Å². The summed E-state index contributed by atoms with van der Waals surface area (Å²) >= 11 is 5.82. The highest BCUT2D eigenvalue weighted by Crippen LogP contribution is 2.22. The molecule has 0 fully saturated rings. The molecule has 0 heterocycles. The van der Waals surface area contributed by atoms with Crippen molar-refractivity contribution >= 4 is 34.8 Å². The Kier molecular flexibility index (Phi) is 6.52. The fourth-order valence-electron chi connectivity index (χ4n) is 2.46. The van der Waals surface area contributed by atoms with Gasteiger partial charge in [0.2, 0.25) is 5.91 Å². The van der Waals surface area contributed by atoms with Crippen molar-refractivity contribution in [3.63, 3.8) is 0 Å². The molecule has 0 aliphatic rings. The largest absolute Gasteiger partial charge is 0.340 e. The number of nitro groups is 1. The van der Waals surface area contributed by atoms with Gasteiger partial charge in [0, 0.05) is 27.9 Å². The quantitative estimate of drug-likeness (QED) is 0.576. The van der Waals surface area contributed by atoms with Crippen LogP contribution in [0, 0.1) is 23.0 Å². The molecule has 2 N–H and O–H groups in total. The summed E-state index contributed by atoms with van der Waals surface area (Å²) < 4.78 is 0. The second-order valence-corrected chi connectivity index (χ2v) is 6.89. The number of nitrogens with one attached hydrogen (secondary N) is 2. The summed E-state index contributed by atoms with van der Waals surface area (Å²) in [7, 11) is 0. The lowest BCUT2D eigenvalue weighted by Gasteiger charge is -2.22. The van der Waals surface area contributed by atoms with E-state index in [1.165, 1.54) is 6.07 Å². The number of halogens is 1. The summed E-state index contributed by atoms with van der Waals surface area (Å²) in [5.41, 5.74) is 1.08. The van der Waals surface area contributed by atoms with Gasteiger partial charge in [-0.25, -0.2) is 0 Å². The van der Waals surface area contributed by atoms with E-state index in [2.05, 4.69) is 10.6 Å². The Morgan fingerprint density at radius 3 is 2.30 bits per heavy atom. The monoisotopic (exact) mass is 389 g/mol. The summed E-state index contributed by atoms with van der Waals surface area (Å²) in [6, 6.07) is 9.94. The first-order valence-electron chi connectivity index (χ1n) is 8.31. The fraction of sp³-hybridized carbons (Fsp3) is 0.263. The van der Waals surface area contributed by atoms with E-state index in [1.807, 2.05) is 0 Å². The van der Waals surface area contributed by atoms with E-state index in [4.69, 9.17) is 11.6 Å². The highest BCUT2D eigenvalue weighted by Gasteiger charge is 2.25. The fourth-order valence-corrected chi connectivity index (χ4v) is 2.59. The van der Waals surface area contributed by atoms with E-state index in [1.54, 1.807) is 57.2 Å². The van der Waals surface area contributed by atoms with Crippen LogP contribution in [0.2, 0.25) is 5.02 Å². The van der Waals surface area contributed by atoms with Crippen LogP contribution in [0.15, 0.2) is 42.5 Å². The Hall–Kier alpha value is -2.93. The van der Waals surface area contributed by atoms with Crippen molar-refractivity contribution in [3.8, 4) is 0 Å². The number of nitrogens with zero attached hydrogens (tertiary/aromatic N) is 1. The molecule has 7 nitrogen and oxygen atoms in total. The highest BCUT2D eigenvalue weighted by molar-refractivity contribution is 6.30. The Morgan fingerprint density at radius 2 is 1.74 bits per heavy atom. The standard InChI is InChI=1S/C19H20ClN3O4/c1-11(2)17(22-18(24)13-5-7-14(20)8-6-13)19(25)21-15-9-4-12(3)16(10-15)23(26)27/h4-11,17H,1-3H3,(H,21,25)(H,22,24)/t17-/m0/s1. The first-order valence-corrected chi connectivity index (χ1v) is 8.69. The van der Waals surface area contributed by atoms with Crippen molar-refractivity contribution in [2.24, 2.45) is 5.92 Å². The third-order valence-electron chi connectivity index (χ3n) is 4.02. The van der Waals surface area contributed by atoms with Crippen molar-refractivity contribution in [1.82, 2.24) is 5.32 Å². The SMILES string of the molecule is Cc1ccc(NC(=O)[C@@H](NC(=O)c2ccc(Cl)cc2)C(C)C)cc1[N+](=O)[O-]. The molecule has 2 rings (SSSR count). The van der Waals surface area contributed by atoms with Gasteiger partial charge in [-0.15, -0.1) is 0 Å². The second kappa shape index (κ2) is 8.64. The molecular formula is C19H20ClN3O4. The normalized spacial score (nSPS) is 11.7. The van der Waals surface area contributed by atoms with Crippen molar-refractivity contribution in [3.05, 3.63) is 68.7 Å². The van der Waals surface area contributed by atoms with Crippen LogP contribution < -0.4 is 10.6 Å². The molecule has 0 unspecified atom stereocenters. The summed E-state index contributed by atoms with van der Waals surface area (Å²) in [5.74, 6) is -1.05. The van der Waals surface area contributed by atoms with Gasteiger partial charge >= 0.3 is 0 Å². The molecule has 0 aliphatic heterocycles. The number of hydrogen-bond acceptors (Lipinski definition) is 4. The lowest BCUT2D eigenvalue weighted by Crippen LogP contribution is -2.47. The molecule has 0 aromatic heterocycles. The van der Waals surface area contributed by atoms with Crippen LogP contribution in [-0.2, 0) is 4.79 Å². The molecule has 1 atom stereocenters. The molecule has 27 heavy (non-hydrogen) atoms. The smallest absolute Gasteiger partial charge is 0.274 e. The van der Waals surface area contributed by atoms with Gasteiger partial charge < -0.3 is 10.6 Å². The van der Waals surface area contributed by atoms with Gasteiger partial charge in [0.1, 0.15) is 6.04 Å². The molecule has 2 amide bonds. The summed E-state index contributed by atoms with van der Waals surface area (Å²) in [6.45, 7) is 5.21. The number of hydrogen-bond donors (Lipinski definition) is 2. The number of carbonyl (C=O) groups is 2. The lowest BCUT2D eigenvalue weighted by molar-refractivity contribution is -0.385. The predicted octanol–water partition coefficient (Wildman–Crippen LogP) is 3.95. The molecule has 0 saturated heterocycles. The maximum atomic E-state index is 12.6. The number of nitro benzene ring substituents is 1. The maximum Gasteiger partial charge on any atom is 0.274 e. The zero-order valence-electron chi connectivity index (χ0n) is 15.2. The van der Waals surface area contributed by atoms with Crippen molar-refractivity contribution in [2.75, 3.05) is 5.32 Å². The number of rotatable bonds is 6. The lowest BCUT2D eigenvalue weighted by atomic mass is 10.0. The Balaban J connectivity index is 2.15. The van der Waals surface area contributed by atoms with E-state index >= 15 is 0 Å². The minimum atomic E-state index is -0.812. The zero-order valence-corrected chi connectivity index (χ0v) is 15.9. The van der Waals surface area contributed by atoms with E-state index in [-0.39, 0.29) is 11.6 Å². The summed E-state index contributed by atoms with van der Waals surface area (Å²) in [4.78, 5) is 35.6. The third-order valence-corrected chi connectivity index (χ3v) is 4.27. The number of amides is 2. The van der Waals surface area contributed by atoms with Gasteiger partial charge in [-0.1, -0.05) is 31.5 Å². The van der Waals surface area contributed by atoms with E-state index in [0.29, 0.717) is 21.8 Å². The molecule has 0 aliphatic carbocycles. The molecule has 2 aromatic rings. The molecule has 2 aromatic carbocycles. The summed E-state index contributed by atoms with van der Waals surface area (Å²) in [6.07, 6.45) is 0. The van der Waals surface area contributed by atoms with Gasteiger partial charge in [0.15, 0.2) is 0 Å². The van der Waals surface area contributed by atoms with Crippen LogP contribution in [-0.4, -0.2) is 22.8 Å². The average Bonchev–Trinajstić information content (AvgIpc) is 2.61. The average molecular weight is 390 g/mol. The van der Waals surface area contributed by atoms with Crippen LogP contribution in [0.5, 0.6) is 0 Å². The highest BCUT2D eigenvalue weighted by atomic mass is 35.5.